The van der Waals surface area contributed by atoms with Gasteiger partial charge in [0.15, 0.2) is 8.32 Å². The van der Waals surface area contributed by atoms with Gasteiger partial charge in [-0.25, -0.2) is 9.59 Å². The van der Waals surface area contributed by atoms with Crippen molar-refractivity contribution in [2.75, 3.05) is 6.61 Å². The molecule has 0 aliphatic heterocycles. The molecule has 0 radical (unpaired) electrons. The van der Waals surface area contributed by atoms with Gasteiger partial charge in [-0.1, -0.05) is 20.8 Å². The first kappa shape index (κ1) is 29.6. The van der Waals surface area contributed by atoms with Crippen molar-refractivity contribution in [3.05, 3.63) is 39.9 Å². The van der Waals surface area contributed by atoms with E-state index in [1.54, 1.807) is 27.7 Å². The molecule has 0 fully saturated rings. The van der Waals surface area contributed by atoms with Crippen LogP contribution in [0.2, 0.25) is 18.1 Å². The van der Waals surface area contributed by atoms with Crippen molar-refractivity contribution in [2.45, 2.75) is 97.1 Å². The Morgan fingerprint density at radius 1 is 1.12 bits per heavy atom. The van der Waals surface area contributed by atoms with Crippen LogP contribution >= 0.6 is 0 Å². The molecule has 1 amide bonds. The van der Waals surface area contributed by atoms with Crippen LogP contribution in [0.15, 0.2) is 24.3 Å². The molecule has 0 aliphatic carbocycles. The molecule has 1 N–H and O–H groups in total. The van der Waals surface area contributed by atoms with Gasteiger partial charge in [0, 0.05) is 24.3 Å². The summed E-state index contributed by atoms with van der Waals surface area (Å²) in [4.78, 5) is 36.5. The second kappa shape index (κ2) is 11.3. The van der Waals surface area contributed by atoms with Gasteiger partial charge in [-0.15, -0.1) is 0 Å². The van der Waals surface area contributed by atoms with Crippen molar-refractivity contribution in [1.29, 1.82) is 0 Å². The number of hydrogen-bond donors (Lipinski definition) is 1. The van der Waals surface area contributed by atoms with Crippen molar-refractivity contribution < 1.29 is 28.8 Å². The largest absolute Gasteiger partial charge is 0.465 e. The van der Waals surface area contributed by atoms with Gasteiger partial charge in [0.1, 0.15) is 6.10 Å². The van der Waals surface area contributed by atoms with E-state index in [0.717, 1.165) is 0 Å². The third-order valence-electron chi connectivity index (χ3n) is 6.35. The molecule has 1 unspecified atom stereocenters. The maximum Gasteiger partial charge on any atom is 0.408 e. The van der Waals surface area contributed by atoms with Crippen molar-refractivity contribution in [3.63, 3.8) is 0 Å². The highest BCUT2D eigenvalue weighted by atomic mass is 28.4. The van der Waals surface area contributed by atoms with E-state index >= 15 is 0 Å². The summed E-state index contributed by atoms with van der Waals surface area (Å²) in [6, 6.07) is 4.53. The highest BCUT2D eigenvalue weighted by molar-refractivity contribution is 6.74. The fraction of sp³-hybridized carbons (Fsp3) is 0.667. The van der Waals surface area contributed by atoms with E-state index < -0.39 is 43.0 Å². The van der Waals surface area contributed by atoms with Gasteiger partial charge in [-0.2, -0.15) is 0 Å². The summed E-state index contributed by atoms with van der Waals surface area (Å²) in [5.74, 6) is -0.656. The number of esters is 1. The SMILES string of the molecule is C[C@@H](C(CCCO[Si](C)(C)C(C)(C)C)OC(=O)c1ccc([N+](=O)[O-])cc1)N(C(=O)O)C(C)(C)C. The van der Waals surface area contributed by atoms with Crippen LogP contribution in [0.5, 0.6) is 0 Å². The summed E-state index contributed by atoms with van der Waals surface area (Å²) in [7, 11) is -1.94. The lowest BCUT2D eigenvalue weighted by molar-refractivity contribution is -0.384. The van der Waals surface area contributed by atoms with E-state index in [2.05, 4.69) is 33.9 Å². The normalized spacial score (nSPS) is 14.3. The molecule has 192 valence electrons. The number of benzene rings is 1. The standard InChI is InChI=1S/C24H40N2O7Si/c1-17(25(22(28)29)23(2,3)4)20(11-10-16-32-34(8,9)24(5,6)7)33-21(27)18-12-14-19(15-13-18)26(30)31/h12-15,17,20H,10-11,16H2,1-9H3,(H,28,29)/t17-,20?/m0/s1. The molecular weight excluding hydrogens is 456 g/mol. The second-order valence-electron chi connectivity index (χ2n) is 11.1. The average Bonchev–Trinajstić information content (AvgIpc) is 2.67. The zero-order valence-corrected chi connectivity index (χ0v) is 22.9. The second-order valence-corrected chi connectivity index (χ2v) is 15.9. The lowest BCUT2D eigenvalue weighted by Crippen LogP contribution is -2.55. The number of carbonyl (C=O) groups excluding carboxylic acids is 1. The van der Waals surface area contributed by atoms with Gasteiger partial charge in [0.05, 0.1) is 16.5 Å². The topological polar surface area (TPSA) is 119 Å². The van der Waals surface area contributed by atoms with Crippen molar-refractivity contribution in [2.24, 2.45) is 0 Å². The number of carbonyl (C=O) groups is 2. The molecule has 9 nitrogen and oxygen atoms in total. The van der Waals surface area contributed by atoms with Gasteiger partial charge in [0.25, 0.3) is 5.69 Å². The third-order valence-corrected chi connectivity index (χ3v) is 10.9. The minimum absolute atomic E-state index is 0.0639. The molecule has 34 heavy (non-hydrogen) atoms. The van der Waals surface area contributed by atoms with Crippen molar-refractivity contribution in [1.82, 2.24) is 4.90 Å². The van der Waals surface area contributed by atoms with Crippen LogP contribution < -0.4 is 0 Å². The fourth-order valence-electron chi connectivity index (χ4n) is 3.39. The minimum Gasteiger partial charge on any atom is -0.465 e. The lowest BCUT2D eigenvalue weighted by Gasteiger charge is -2.41. The van der Waals surface area contributed by atoms with Crippen molar-refractivity contribution >= 4 is 26.1 Å². The van der Waals surface area contributed by atoms with E-state index in [4.69, 9.17) is 9.16 Å². The number of ether oxygens (including phenoxy) is 1. The van der Waals surface area contributed by atoms with Gasteiger partial charge >= 0.3 is 12.1 Å². The summed E-state index contributed by atoms with van der Waals surface area (Å²) in [5, 5.41) is 20.8. The third kappa shape index (κ3) is 8.09. The molecule has 0 spiro atoms. The van der Waals surface area contributed by atoms with Crippen LogP contribution in [0, 0.1) is 10.1 Å². The maximum absolute atomic E-state index is 12.8. The monoisotopic (exact) mass is 496 g/mol. The minimum atomic E-state index is -1.94. The van der Waals surface area contributed by atoms with E-state index in [1.165, 1.54) is 29.2 Å². The van der Waals surface area contributed by atoms with E-state index in [9.17, 15) is 24.8 Å². The number of rotatable bonds is 10. The number of carboxylic acid groups (broad SMARTS) is 1. The Hall–Kier alpha value is -2.46. The summed E-state index contributed by atoms with van der Waals surface area (Å²) < 4.78 is 12.0. The first-order valence-electron chi connectivity index (χ1n) is 11.5. The molecule has 0 saturated heterocycles. The predicted octanol–water partition coefficient (Wildman–Crippen LogP) is 6.09. The Bertz CT molecular complexity index is 858. The molecule has 1 rings (SSSR count). The quantitative estimate of drug-likeness (QED) is 0.137. The van der Waals surface area contributed by atoms with Gasteiger partial charge in [0.2, 0.25) is 0 Å². The zero-order chi connectivity index (χ0) is 26.5. The molecule has 0 heterocycles. The number of nitro groups is 1. The molecule has 1 aromatic rings. The van der Waals surface area contributed by atoms with Crippen LogP contribution in [-0.2, 0) is 9.16 Å². The summed E-state index contributed by atoms with van der Waals surface area (Å²) >= 11 is 0. The molecule has 10 heteroatoms. The van der Waals surface area contributed by atoms with Gasteiger partial charge < -0.3 is 14.3 Å². The van der Waals surface area contributed by atoms with Crippen LogP contribution in [0.25, 0.3) is 0 Å². The van der Waals surface area contributed by atoms with Crippen LogP contribution in [-0.4, -0.2) is 59.6 Å². The zero-order valence-electron chi connectivity index (χ0n) is 21.9. The Kier molecular flexibility index (Phi) is 9.83. The molecule has 0 aromatic heterocycles. The molecular formula is C24H40N2O7Si. The lowest BCUT2D eigenvalue weighted by atomic mass is 9.99. The number of amides is 1. The number of nitro benzene ring substituents is 1. The highest BCUT2D eigenvalue weighted by Gasteiger charge is 2.38. The summed E-state index contributed by atoms with van der Waals surface area (Å²) in [5.41, 5.74) is -0.673. The Labute approximate surface area is 203 Å². The molecule has 0 aliphatic rings. The highest BCUT2D eigenvalue weighted by Crippen LogP contribution is 2.36. The summed E-state index contributed by atoms with van der Waals surface area (Å²) in [6.07, 6.45) is -0.823. The van der Waals surface area contributed by atoms with Gasteiger partial charge in [-0.05, 0) is 70.8 Å². The molecule has 1 aromatic carbocycles. The van der Waals surface area contributed by atoms with E-state index in [1.807, 2.05) is 0 Å². The van der Waals surface area contributed by atoms with Gasteiger partial charge in [-0.3, -0.25) is 15.0 Å². The number of hydrogen-bond acceptors (Lipinski definition) is 6. The fourth-order valence-corrected chi connectivity index (χ4v) is 4.48. The average molecular weight is 497 g/mol. The number of nitrogens with zero attached hydrogens (tertiary/aromatic N) is 2. The van der Waals surface area contributed by atoms with Crippen LogP contribution in [0.3, 0.4) is 0 Å². The molecule has 0 bridgehead atoms. The van der Waals surface area contributed by atoms with E-state index in [0.29, 0.717) is 19.4 Å². The Morgan fingerprint density at radius 3 is 2.06 bits per heavy atom. The Balaban J connectivity index is 3.05. The smallest absolute Gasteiger partial charge is 0.408 e. The van der Waals surface area contributed by atoms with E-state index in [-0.39, 0.29) is 16.3 Å². The summed E-state index contributed by atoms with van der Waals surface area (Å²) in [6.45, 7) is 18.4. The maximum atomic E-state index is 12.8. The Morgan fingerprint density at radius 2 is 1.65 bits per heavy atom. The predicted molar refractivity (Wildman–Crippen MR) is 134 cm³/mol. The van der Waals surface area contributed by atoms with Crippen molar-refractivity contribution in [3.8, 4) is 0 Å². The van der Waals surface area contributed by atoms with Crippen LogP contribution in [0.1, 0.15) is 71.7 Å². The number of non-ortho nitro benzene ring substituents is 1. The first-order valence-corrected chi connectivity index (χ1v) is 14.4. The molecule has 2 atom stereocenters. The first-order chi connectivity index (χ1) is 15.4. The molecule has 0 saturated carbocycles. The van der Waals surface area contributed by atoms with Crippen LogP contribution in [0.4, 0.5) is 10.5 Å².